The van der Waals surface area contributed by atoms with Crippen molar-refractivity contribution in [2.24, 2.45) is 16.9 Å². The largest absolute Gasteiger partial charge is 0.469 e. The predicted molar refractivity (Wildman–Crippen MR) is 133 cm³/mol. The Morgan fingerprint density at radius 3 is 2.50 bits per heavy atom. The van der Waals surface area contributed by atoms with Crippen LogP contribution in [0, 0.1) is 11.8 Å². The molecule has 3 rings (SSSR count). The molecule has 2 N–H and O–H groups in total. The van der Waals surface area contributed by atoms with Crippen molar-refractivity contribution in [1.82, 2.24) is 10.4 Å². The minimum atomic E-state index is -0.666. The molecule has 0 saturated heterocycles. The summed E-state index contributed by atoms with van der Waals surface area (Å²) >= 11 is 0. The highest BCUT2D eigenvalue weighted by Gasteiger charge is 2.43. The number of esters is 2. The Labute approximate surface area is 210 Å². The van der Waals surface area contributed by atoms with E-state index in [1.165, 1.54) is 19.5 Å². The first-order chi connectivity index (χ1) is 17.5. The monoisotopic (exact) mass is 495 g/mol. The van der Waals surface area contributed by atoms with E-state index in [2.05, 4.69) is 20.2 Å². The molecule has 1 aromatic heterocycles. The summed E-state index contributed by atoms with van der Waals surface area (Å²) in [6.07, 6.45) is 8.14. The van der Waals surface area contributed by atoms with Gasteiger partial charge in [0.1, 0.15) is 6.10 Å². The number of hydrazone groups is 1. The summed E-state index contributed by atoms with van der Waals surface area (Å²) < 4.78 is 10.4. The molecule has 9 heteroatoms. The summed E-state index contributed by atoms with van der Waals surface area (Å²) in [5, 5.41) is 14.9. The van der Waals surface area contributed by atoms with Crippen molar-refractivity contribution in [3.05, 3.63) is 66.0 Å². The maximum absolute atomic E-state index is 12.7. The molecule has 2 aromatic rings. The standard InChI is InChI=1S/C27H33N3O6/c1-35-25(32)12-8-3-2-7-11-21-22(18-29-30-26(33)19-13-15-28-16-14-19)24(17-23(21)31)36-27(34)20-9-5-4-6-10-20/h4-6,9-10,13-16,18,21-24,31H,2-3,7-8,11-12,17H2,1H3,(H,30,33)/b29-18+/t21-,22-,23+,24-/m1/s1. The molecule has 0 radical (unpaired) electrons. The molecule has 1 saturated carbocycles. The summed E-state index contributed by atoms with van der Waals surface area (Å²) in [4.78, 5) is 40.2. The molecule has 1 aliphatic rings. The SMILES string of the molecule is COC(=O)CCCCCC[C@@H]1[C@@H](/C=N/NC(=O)c2ccncc2)[C@H](OC(=O)c2ccccc2)C[C@@H]1O. The summed E-state index contributed by atoms with van der Waals surface area (Å²) in [5.74, 6) is -1.60. The molecule has 0 aliphatic heterocycles. The summed E-state index contributed by atoms with van der Waals surface area (Å²) in [5.41, 5.74) is 3.36. The van der Waals surface area contributed by atoms with Gasteiger partial charge in [0.15, 0.2) is 0 Å². The minimum Gasteiger partial charge on any atom is -0.469 e. The Hall–Kier alpha value is -3.59. The average molecular weight is 496 g/mol. The first kappa shape index (κ1) is 27.0. The molecule has 1 heterocycles. The van der Waals surface area contributed by atoms with Crippen LogP contribution in [0.15, 0.2) is 60.0 Å². The molecule has 1 aromatic carbocycles. The van der Waals surface area contributed by atoms with Crippen LogP contribution in [-0.4, -0.2) is 53.5 Å². The summed E-state index contributed by atoms with van der Waals surface area (Å²) in [6.45, 7) is 0. The lowest BCUT2D eigenvalue weighted by molar-refractivity contribution is -0.140. The maximum Gasteiger partial charge on any atom is 0.338 e. The van der Waals surface area contributed by atoms with E-state index in [-0.39, 0.29) is 23.7 Å². The molecule has 1 amide bonds. The molecule has 0 unspecified atom stereocenters. The summed E-state index contributed by atoms with van der Waals surface area (Å²) in [6, 6.07) is 11.9. The number of aromatic nitrogens is 1. The molecule has 9 nitrogen and oxygen atoms in total. The fourth-order valence-electron chi connectivity index (χ4n) is 4.45. The van der Waals surface area contributed by atoms with Gasteiger partial charge in [-0.2, -0.15) is 5.10 Å². The first-order valence-electron chi connectivity index (χ1n) is 12.2. The van der Waals surface area contributed by atoms with Crippen molar-refractivity contribution < 1.29 is 29.0 Å². The third-order valence-corrected chi connectivity index (χ3v) is 6.41. The Morgan fingerprint density at radius 2 is 1.78 bits per heavy atom. The fourth-order valence-corrected chi connectivity index (χ4v) is 4.45. The summed E-state index contributed by atoms with van der Waals surface area (Å²) in [7, 11) is 1.38. The number of hydrogen-bond donors (Lipinski definition) is 2. The van der Waals surface area contributed by atoms with E-state index >= 15 is 0 Å². The third kappa shape index (κ3) is 7.98. The van der Waals surface area contributed by atoms with Gasteiger partial charge in [-0.05, 0) is 43.0 Å². The predicted octanol–water partition coefficient (Wildman–Crippen LogP) is 3.53. The van der Waals surface area contributed by atoms with Crippen LogP contribution in [0.5, 0.6) is 0 Å². The van der Waals surface area contributed by atoms with Gasteiger partial charge in [-0.3, -0.25) is 14.6 Å². The Morgan fingerprint density at radius 1 is 1.06 bits per heavy atom. The van der Waals surface area contributed by atoms with E-state index in [0.717, 1.165) is 25.7 Å². The Kier molecular flexibility index (Phi) is 10.6. The number of ether oxygens (including phenoxy) is 2. The van der Waals surface area contributed by atoms with Crippen molar-refractivity contribution >= 4 is 24.1 Å². The van der Waals surface area contributed by atoms with E-state index in [9.17, 15) is 19.5 Å². The van der Waals surface area contributed by atoms with Gasteiger partial charge in [-0.25, -0.2) is 10.2 Å². The van der Waals surface area contributed by atoms with E-state index < -0.39 is 18.2 Å². The highest BCUT2D eigenvalue weighted by molar-refractivity contribution is 5.94. The molecule has 0 bridgehead atoms. The van der Waals surface area contributed by atoms with Crippen molar-refractivity contribution in [3.8, 4) is 0 Å². The van der Waals surface area contributed by atoms with E-state index in [4.69, 9.17) is 4.74 Å². The third-order valence-electron chi connectivity index (χ3n) is 6.41. The highest BCUT2D eigenvalue weighted by Crippen LogP contribution is 2.37. The van der Waals surface area contributed by atoms with Crippen LogP contribution in [0.25, 0.3) is 0 Å². The second-order valence-electron chi connectivity index (χ2n) is 8.84. The van der Waals surface area contributed by atoms with Crippen LogP contribution in [0.4, 0.5) is 0 Å². The average Bonchev–Trinajstić information content (AvgIpc) is 3.20. The van der Waals surface area contributed by atoms with Gasteiger partial charge in [0, 0.05) is 42.9 Å². The number of hydrogen-bond acceptors (Lipinski definition) is 8. The molecule has 1 fully saturated rings. The van der Waals surface area contributed by atoms with E-state index in [1.54, 1.807) is 42.6 Å². The van der Waals surface area contributed by atoms with Gasteiger partial charge >= 0.3 is 11.9 Å². The maximum atomic E-state index is 12.7. The van der Waals surface area contributed by atoms with Crippen LogP contribution in [0.1, 0.15) is 65.7 Å². The zero-order valence-electron chi connectivity index (χ0n) is 20.4. The number of carbonyl (C=O) groups is 3. The van der Waals surface area contributed by atoms with Gasteiger partial charge in [-0.1, -0.05) is 37.5 Å². The van der Waals surface area contributed by atoms with E-state index in [0.29, 0.717) is 30.4 Å². The molecule has 1 aliphatic carbocycles. The lowest BCUT2D eigenvalue weighted by Crippen LogP contribution is -2.29. The van der Waals surface area contributed by atoms with Crippen LogP contribution < -0.4 is 5.43 Å². The van der Waals surface area contributed by atoms with Crippen LogP contribution in [-0.2, 0) is 14.3 Å². The number of unbranched alkanes of at least 4 members (excludes halogenated alkanes) is 3. The number of pyridine rings is 1. The Bertz CT molecular complexity index is 1010. The molecule has 4 atom stereocenters. The molecule has 0 spiro atoms. The Balaban J connectivity index is 1.62. The van der Waals surface area contributed by atoms with Crippen LogP contribution in [0.3, 0.4) is 0 Å². The quantitative estimate of drug-likeness (QED) is 0.200. The first-order valence-corrected chi connectivity index (χ1v) is 12.2. The smallest absolute Gasteiger partial charge is 0.338 e. The number of aliphatic hydroxyl groups is 1. The number of nitrogens with zero attached hydrogens (tertiary/aromatic N) is 2. The zero-order chi connectivity index (χ0) is 25.8. The zero-order valence-corrected chi connectivity index (χ0v) is 20.4. The number of aliphatic hydroxyl groups excluding tert-OH is 1. The lowest BCUT2D eigenvalue weighted by Gasteiger charge is -2.22. The van der Waals surface area contributed by atoms with Crippen LogP contribution in [0.2, 0.25) is 0 Å². The lowest BCUT2D eigenvalue weighted by atomic mass is 9.89. The number of rotatable bonds is 12. The highest BCUT2D eigenvalue weighted by atomic mass is 16.5. The normalized spacial score (nSPS) is 21.3. The molecular weight excluding hydrogens is 462 g/mol. The van der Waals surface area contributed by atoms with Gasteiger partial charge in [-0.15, -0.1) is 0 Å². The second-order valence-corrected chi connectivity index (χ2v) is 8.84. The number of nitrogens with one attached hydrogen (secondary N) is 1. The van der Waals surface area contributed by atoms with Gasteiger partial charge in [0.05, 0.1) is 18.8 Å². The van der Waals surface area contributed by atoms with Crippen molar-refractivity contribution in [2.75, 3.05) is 7.11 Å². The second kappa shape index (κ2) is 14.1. The number of benzene rings is 1. The minimum absolute atomic E-state index is 0.180. The van der Waals surface area contributed by atoms with Crippen molar-refractivity contribution in [3.63, 3.8) is 0 Å². The van der Waals surface area contributed by atoms with Gasteiger partial charge in [0.2, 0.25) is 0 Å². The molecule has 192 valence electrons. The van der Waals surface area contributed by atoms with E-state index in [1.807, 2.05) is 6.07 Å². The molecule has 36 heavy (non-hydrogen) atoms. The number of methoxy groups -OCH3 is 1. The fraction of sp³-hybridized carbons (Fsp3) is 0.444. The van der Waals surface area contributed by atoms with Crippen LogP contribution >= 0.6 is 0 Å². The molecular formula is C27H33N3O6. The number of carbonyl (C=O) groups excluding carboxylic acids is 3. The van der Waals surface area contributed by atoms with Gasteiger partial charge < -0.3 is 14.6 Å². The topological polar surface area (TPSA) is 127 Å². The number of amides is 1. The van der Waals surface area contributed by atoms with Crippen molar-refractivity contribution in [2.45, 2.75) is 57.2 Å². The van der Waals surface area contributed by atoms with Crippen molar-refractivity contribution in [1.29, 1.82) is 0 Å². The van der Waals surface area contributed by atoms with Gasteiger partial charge in [0.25, 0.3) is 5.91 Å².